The molecule has 0 spiro atoms. The van der Waals surface area contributed by atoms with Crippen molar-refractivity contribution in [1.82, 2.24) is 9.72 Å². The van der Waals surface area contributed by atoms with E-state index in [4.69, 9.17) is 4.52 Å². The monoisotopic (exact) mass is 303 g/mol. The SMILES string of the molecule is O=c1onc(-c2cccs2)n1Cc1ccc([N+](=O)[O-])cc1. The van der Waals surface area contributed by atoms with Crippen LogP contribution >= 0.6 is 11.3 Å². The highest BCUT2D eigenvalue weighted by Crippen LogP contribution is 2.22. The van der Waals surface area contributed by atoms with Crippen molar-refractivity contribution < 1.29 is 9.45 Å². The number of hydrogen-bond acceptors (Lipinski definition) is 6. The maximum absolute atomic E-state index is 11.7. The fourth-order valence-electron chi connectivity index (χ4n) is 1.90. The van der Waals surface area contributed by atoms with Crippen molar-refractivity contribution in [3.8, 4) is 10.7 Å². The Balaban J connectivity index is 1.93. The Morgan fingerprint density at radius 3 is 2.67 bits per heavy atom. The fraction of sp³-hybridized carbons (Fsp3) is 0.0769. The Morgan fingerprint density at radius 1 is 1.29 bits per heavy atom. The van der Waals surface area contributed by atoms with Crippen LogP contribution in [0.3, 0.4) is 0 Å². The maximum Gasteiger partial charge on any atom is 0.442 e. The molecule has 1 aromatic carbocycles. The predicted octanol–water partition coefficient (Wildman–Crippen LogP) is 2.52. The molecule has 0 atom stereocenters. The van der Waals surface area contributed by atoms with Crippen molar-refractivity contribution in [2.75, 3.05) is 0 Å². The summed E-state index contributed by atoms with van der Waals surface area (Å²) in [5.74, 6) is -0.106. The van der Waals surface area contributed by atoms with Gasteiger partial charge in [-0.05, 0) is 17.0 Å². The lowest BCUT2D eigenvalue weighted by atomic mass is 10.2. The highest BCUT2D eigenvalue weighted by Gasteiger charge is 2.14. The van der Waals surface area contributed by atoms with E-state index >= 15 is 0 Å². The molecular formula is C13H9N3O4S. The van der Waals surface area contributed by atoms with Gasteiger partial charge in [-0.1, -0.05) is 23.4 Å². The first kappa shape index (κ1) is 13.3. The van der Waals surface area contributed by atoms with E-state index in [0.717, 1.165) is 10.4 Å². The molecule has 3 rings (SSSR count). The van der Waals surface area contributed by atoms with Crippen molar-refractivity contribution >= 4 is 17.0 Å². The molecule has 0 aliphatic rings. The summed E-state index contributed by atoms with van der Waals surface area (Å²) in [4.78, 5) is 22.7. The molecular weight excluding hydrogens is 294 g/mol. The summed E-state index contributed by atoms with van der Waals surface area (Å²) >= 11 is 1.45. The average molecular weight is 303 g/mol. The summed E-state index contributed by atoms with van der Waals surface area (Å²) in [6, 6.07) is 9.71. The number of rotatable bonds is 4. The second kappa shape index (κ2) is 5.33. The van der Waals surface area contributed by atoms with Crippen LogP contribution in [0, 0.1) is 10.1 Å². The summed E-state index contributed by atoms with van der Waals surface area (Å²) in [5, 5.41) is 16.3. The van der Waals surface area contributed by atoms with Crippen LogP contribution in [0.15, 0.2) is 51.1 Å². The van der Waals surface area contributed by atoms with E-state index in [1.807, 2.05) is 17.5 Å². The highest BCUT2D eigenvalue weighted by molar-refractivity contribution is 7.13. The molecule has 0 aliphatic heterocycles. The third kappa shape index (κ3) is 2.61. The smallest absolute Gasteiger partial charge is 0.295 e. The third-order valence-corrected chi connectivity index (χ3v) is 3.78. The second-order valence-electron chi connectivity index (χ2n) is 4.26. The summed E-state index contributed by atoms with van der Waals surface area (Å²) in [5.41, 5.74) is 0.763. The Kier molecular flexibility index (Phi) is 3.36. The molecule has 0 bridgehead atoms. The molecule has 0 fully saturated rings. The van der Waals surface area contributed by atoms with Gasteiger partial charge in [0.25, 0.3) is 5.69 Å². The van der Waals surface area contributed by atoms with Gasteiger partial charge in [-0.15, -0.1) is 11.3 Å². The van der Waals surface area contributed by atoms with Crippen LogP contribution in [0.2, 0.25) is 0 Å². The quantitative estimate of drug-likeness (QED) is 0.545. The van der Waals surface area contributed by atoms with Gasteiger partial charge in [0.1, 0.15) is 0 Å². The highest BCUT2D eigenvalue weighted by atomic mass is 32.1. The molecule has 21 heavy (non-hydrogen) atoms. The number of hydrogen-bond donors (Lipinski definition) is 0. The lowest BCUT2D eigenvalue weighted by Crippen LogP contribution is -2.16. The molecule has 0 unspecified atom stereocenters. The zero-order valence-electron chi connectivity index (χ0n) is 10.6. The van der Waals surface area contributed by atoms with Crippen molar-refractivity contribution in [1.29, 1.82) is 0 Å². The summed E-state index contributed by atoms with van der Waals surface area (Å²) in [7, 11) is 0. The fourth-order valence-corrected chi connectivity index (χ4v) is 2.61. The van der Waals surface area contributed by atoms with Crippen LogP contribution in [0.25, 0.3) is 10.7 Å². The molecule has 7 nitrogen and oxygen atoms in total. The normalized spacial score (nSPS) is 10.7. The minimum Gasteiger partial charge on any atom is -0.295 e. The number of nitro groups is 1. The maximum atomic E-state index is 11.7. The lowest BCUT2D eigenvalue weighted by Gasteiger charge is -2.03. The number of nitrogens with zero attached hydrogens (tertiary/aromatic N) is 3. The van der Waals surface area contributed by atoms with Crippen LogP contribution in [0.1, 0.15) is 5.56 Å². The molecule has 0 saturated heterocycles. The Bertz CT molecular complexity index is 818. The van der Waals surface area contributed by atoms with Gasteiger partial charge in [0.2, 0.25) is 0 Å². The van der Waals surface area contributed by atoms with Crippen LogP contribution in [-0.2, 0) is 6.54 Å². The van der Waals surface area contributed by atoms with Gasteiger partial charge in [0.15, 0.2) is 5.82 Å². The average Bonchev–Trinajstić information content (AvgIpc) is 3.10. The van der Waals surface area contributed by atoms with Crippen molar-refractivity contribution in [2.45, 2.75) is 6.54 Å². The van der Waals surface area contributed by atoms with E-state index in [1.54, 1.807) is 12.1 Å². The predicted molar refractivity (Wildman–Crippen MR) is 76.3 cm³/mol. The molecule has 0 radical (unpaired) electrons. The van der Waals surface area contributed by atoms with Gasteiger partial charge >= 0.3 is 5.76 Å². The molecule has 2 aromatic heterocycles. The molecule has 0 amide bonds. The van der Waals surface area contributed by atoms with Gasteiger partial charge in [0.05, 0.1) is 16.3 Å². The first-order valence-corrected chi connectivity index (χ1v) is 6.87. The Hall–Kier alpha value is -2.74. The standard InChI is InChI=1S/C13H9N3O4S/c17-13-15(12(14-20-13)11-2-1-7-21-11)8-9-3-5-10(6-4-9)16(18)19/h1-7H,8H2. The number of aromatic nitrogens is 2. The molecule has 106 valence electrons. The number of thiophene rings is 1. The van der Waals surface area contributed by atoms with E-state index in [9.17, 15) is 14.9 Å². The topological polar surface area (TPSA) is 91.2 Å². The number of nitro benzene ring substituents is 1. The van der Waals surface area contributed by atoms with Crippen molar-refractivity contribution in [3.05, 3.63) is 68.0 Å². The van der Waals surface area contributed by atoms with E-state index in [1.165, 1.54) is 28.0 Å². The van der Waals surface area contributed by atoms with Gasteiger partial charge in [-0.3, -0.25) is 19.2 Å². The molecule has 8 heteroatoms. The van der Waals surface area contributed by atoms with Crippen LogP contribution in [0.5, 0.6) is 0 Å². The first-order chi connectivity index (χ1) is 10.1. The third-order valence-electron chi connectivity index (χ3n) is 2.92. The molecule has 2 heterocycles. The molecule has 0 saturated carbocycles. The zero-order valence-corrected chi connectivity index (χ0v) is 11.4. The van der Waals surface area contributed by atoms with Gasteiger partial charge in [0, 0.05) is 12.1 Å². The first-order valence-electron chi connectivity index (χ1n) is 5.99. The minimum atomic E-state index is -0.559. The minimum absolute atomic E-state index is 0.00916. The number of non-ortho nitro benzene ring substituents is 1. The summed E-state index contributed by atoms with van der Waals surface area (Å²) < 4.78 is 6.11. The van der Waals surface area contributed by atoms with Gasteiger partial charge in [-0.25, -0.2) is 4.79 Å². The van der Waals surface area contributed by atoms with E-state index in [2.05, 4.69) is 5.16 Å². The van der Waals surface area contributed by atoms with Crippen LogP contribution in [-0.4, -0.2) is 14.6 Å². The van der Waals surface area contributed by atoms with Crippen LogP contribution in [0.4, 0.5) is 5.69 Å². The molecule has 0 aliphatic carbocycles. The van der Waals surface area contributed by atoms with E-state index in [-0.39, 0.29) is 12.2 Å². The second-order valence-corrected chi connectivity index (χ2v) is 5.21. The van der Waals surface area contributed by atoms with Crippen molar-refractivity contribution in [2.24, 2.45) is 0 Å². The molecule has 3 aromatic rings. The zero-order chi connectivity index (χ0) is 14.8. The summed E-state index contributed by atoms with van der Waals surface area (Å²) in [6.07, 6.45) is 0. The molecule has 0 N–H and O–H groups in total. The van der Waals surface area contributed by atoms with Crippen molar-refractivity contribution in [3.63, 3.8) is 0 Å². The van der Waals surface area contributed by atoms with Gasteiger partial charge in [-0.2, -0.15) is 0 Å². The largest absolute Gasteiger partial charge is 0.442 e. The lowest BCUT2D eigenvalue weighted by molar-refractivity contribution is -0.384. The van der Waals surface area contributed by atoms with Gasteiger partial charge < -0.3 is 0 Å². The Labute approximate surface area is 122 Å². The number of benzene rings is 1. The summed E-state index contributed by atoms with van der Waals surface area (Å²) in [6.45, 7) is 0.244. The van der Waals surface area contributed by atoms with E-state index < -0.39 is 10.7 Å². The Morgan fingerprint density at radius 2 is 2.05 bits per heavy atom. The van der Waals surface area contributed by atoms with Crippen LogP contribution < -0.4 is 5.76 Å². The van der Waals surface area contributed by atoms with E-state index in [0.29, 0.717) is 5.82 Å².